The minimum absolute atomic E-state index is 0.0806. The molecule has 4 atom stereocenters. The van der Waals surface area contributed by atoms with E-state index >= 15 is 0 Å². The van der Waals surface area contributed by atoms with E-state index in [1.54, 1.807) is 4.90 Å². The second-order valence-corrected chi connectivity index (χ2v) is 10.3. The fourth-order valence-electron chi connectivity index (χ4n) is 5.21. The van der Waals surface area contributed by atoms with Gasteiger partial charge >= 0.3 is 0 Å². The summed E-state index contributed by atoms with van der Waals surface area (Å²) in [4.78, 5) is 41.8. The summed E-state index contributed by atoms with van der Waals surface area (Å²) >= 11 is 0. The highest BCUT2D eigenvalue weighted by atomic mass is 16.5. The quantitative estimate of drug-likeness (QED) is 0.575. The van der Waals surface area contributed by atoms with Crippen LogP contribution in [0.4, 0.5) is 0 Å². The molecule has 2 bridgehead atoms. The summed E-state index contributed by atoms with van der Waals surface area (Å²) in [6, 6.07) is 16.0. The molecule has 3 amide bonds. The molecule has 0 saturated carbocycles. The van der Waals surface area contributed by atoms with Crippen molar-refractivity contribution >= 4 is 17.7 Å². The molecule has 0 radical (unpaired) electrons. The van der Waals surface area contributed by atoms with E-state index in [1.165, 1.54) is 0 Å². The molecule has 8 nitrogen and oxygen atoms in total. The predicted molar refractivity (Wildman–Crippen MR) is 147 cm³/mol. The van der Waals surface area contributed by atoms with E-state index in [4.69, 9.17) is 4.74 Å². The van der Waals surface area contributed by atoms with Crippen molar-refractivity contribution in [3.05, 3.63) is 65.7 Å². The fraction of sp³-hybridized carbons (Fsp3) is 0.500. The smallest absolute Gasteiger partial charge is 0.245 e. The summed E-state index contributed by atoms with van der Waals surface area (Å²) in [5, 5.41) is 9.39. The van der Waals surface area contributed by atoms with Crippen molar-refractivity contribution in [2.24, 2.45) is 5.92 Å². The maximum atomic E-state index is 13.5. The number of carbonyl (C=O) groups is 3. The van der Waals surface area contributed by atoms with Gasteiger partial charge < -0.3 is 25.6 Å². The number of ether oxygens (including phenoxy) is 1. The van der Waals surface area contributed by atoms with Crippen LogP contribution >= 0.6 is 0 Å². The number of hydrogen-bond donors (Lipinski definition) is 3. The Labute approximate surface area is 225 Å². The second kappa shape index (κ2) is 13.4. The van der Waals surface area contributed by atoms with Gasteiger partial charge in [-0.2, -0.15) is 0 Å². The highest BCUT2D eigenvalue weighted by molar-refractivity contribution is 5.94. The van der Waals surface area contributed by atoms with Crippen LogP contribution in [0.25, 0.3) is 0 Å². The Morgan fingerprint density at radius 2 is 1.76 bits per heavy atom. The Morgan fingerprint density at radius 1 is 1.00 bits per heavy atom. The molecule has 2 heterocycles. The van der Waals surface area contributed by atoms with Crippen molar-refractivity contribution in [3.8, 4) is 5.75 Å². The lowest BCUT2D eigenvalue weighted by Gasteiger charge is -2.28. The summed E-state index contributed by atoms with van der Waals surface area (Å²) < 4.78 is 6.06. The van der Waals surface area contributed by atoms with Crippen molar-refractivity contribution in [3.63, 3.8) is 0 Å². The first-order valence-electron chi connectivity index (χ1n) is 13.8. The van der Waals surface area contributed by atoms with Crippen LogP contribution in [0.15, 0.2) is 54.6 Å². The zero-order chi connectivity index (χ0) is 26.9. The molecule has 3 N–H and O–H groups in total. The Balaban J connectivity index is 1.57. The van der Waals surface area contributed by atoms with E-state index in [-0.39, 0.29) is 23.6 Å². The Morgan fingerprint density at radius 3 is 2.55 bits per heavy atom. The van der Waals surface area contributed by atoms with Gasteiger partial charge in [-0.1, -0.05) is 68.8 Å². The standard InChI is InChI=1S/C30H40N4O4/c1-3-21(2)27-29(36)33-24-15-18-34(30(24)37)25(20-22-10-5-4-6-11-22)28(35)32-16-9-13-23-12-7-8-14-26(23)38-19-17-31-27/h4-8,10-12,14,21,24-25,27,31H,3,9,13,15-20H2,1-2H3,(H,32,35)(H,33,36)/t21-,24-,25+,27-/m0/s1. The topological polar surface area (TPSA) is 99.8 Å². The first-order chi connectivity index (χ1) is 18.5. The summed E-state index contributed by atoms with van der Waals surface area (Å²) in [7, 11) is 0. The molecule has 1 fully saturated rings. The summed E-state index contributed by atoms with van der Waals surface area (Å²) in [6.07, 6.45) is 3.24. The third-order valence-electron chi connectivity index (χ3n) is 7.62. The van der Waals surface area contributed by atoms with Crippen LogP contribution in [0.2, 0.25) is 0 Å². The fourth-order valence-corrected chi connectivity index (χ4v) is 5.21. The number of rotatable bonds is 4. The van der Waals surface area contributed by atoms with Crippen LogP contribution in [0.1, 0.15) is 44.2 Å². The van der Waals surface area contributed by atoms with Gasteiger partial charge in [0, 0.05) is 26.1 Å². The number of amides is 3. The average Bonchev–Trinajstić information content (AvgIpc) is 3.29. The zero-order valence-corrected chi connectivity index (χ0v) is 22.4. The lowest BCUT2D eigenvalue weighted by molar-refractivity contribution is -0.139. The van der Waals surface area contributed by atoms with Crippen molar-refractivity contribution in [1.29, 1.82) is 0 Å². The van der Waals surface area contributed by atoms with Crippen LogP contribution in [0.3, 0.4) is 0 Å². The van der Waals surface area contributed by atoms with Crippen LogP contribution in [-0.4, -0.2) is 67.0 Å². The van der Waals surface area contributed by atoms with E-state index in [9.17, 15) is 14.4 Å². The molecular formula is C30H40N4O4. The normalized spacial score (nSPS) is 24.3. The van der Waals surface area contributed by atoms with Gasteiger partial charge in [-0.05, 0) is 42.4 Å². The summed E-state index contributed by atoms with van der Waals surface area (Å²) in [5.41, 5.74) is 2.07. The lowest BCUT2D eigenvalue weighted by atomic mass is 9.98. The van der Waals surface area contributed by atoms with Gasteiger partial charge in [-0.15, -0.1) is 0 Å². The first-order valence-corrected chi connectivity index (χ1v) is 13.8. The number of carbonyl (C=O) groups excluding carboxylic acids is 3. The molecule has 204 valence electrons. The van der Waals surface area contributed by atoms with Gasteiger partial charge in [0.2, 0.25) is 17.7 Å². The highest BCUT2D eigenvalue weighted by Crippen LogP contribution is 2.21. The van der Waals surface area contributed by atoms with Crippen molar-refractivity contribution in [2.75, 3.05) is 26.2 Å². The molecule has 0 aliphatic carbocycles. The maximum absolute atomic E-state index is 13.5. The van der Waals surface area contributed by atoms with E-state index < -0.39 is 18.1 Å². The van der Waals surface area contributed by atoms with Crippen molar-refractivity contribution in [1.82, 2.24) is 20.9 Å². The molecule has 8 heteroatoms. The molecule has 2 aromatic rings. The number of nitrogens with one attached hydrogen (secondary N) is 3. The molecule has 0 unspecified atom stereocenters. The zero-order valence-electron chi connectivity index (χ0n) is 22.4. The predicted octanol–water partition coefficient (Wildman–Crippen LogP) is 2.46. The van der Waals surface area contributed by atoms with Crippen LogP contribution in [0, 0.1) is 5.92 Å². The van der Waals surface area contributed by atoms with Gasteiger partial charge in [-0.3, -0.25) is 14.4 Å². The van der Waals surface area contributed by atoms with E-state index in [0.717, 1.165) is 36.1 Å². The Hall–Kier alpha value is -3.39. The SMILES string of the molecule is CC[C@H](C)[C@@H]1NCCOc2ccccc2CCCNC(=O)[C@@H](Cc2ccccc2)N2CC[C@H](NC1=O)C2=O. The molecule has 0 aromatic heterocycles. The van der Waals surface area contributed by atoms with Gasteiger partial charge in [0.1, 0.15) is 24.4 Å². The van der Waals surface area contributed by atoms with Gasteiger partial charge in [-0.25, -0.2) is 0 Å². The maximum Gasteiger partial charge on any atom is 0.245 e. The Bertz CT molecular complexity index is 1090. The van der Waals surface area contributed by atoms with Crippen LogP contribution in [0.5, 0.6) is 5.75 Å². The minimum Gasteiger partial charge on any atom is -0.492 e. The van der Waals surface area contributed by atoms with Gasteiger partial charge in [0.15, 0.2) is 0 Å². The molecule has 2 aliphatic rings. The highest BCUT2D eigenvalue weighted by Gasteiger charge is 2.40. The molecule has 38 heavy (non-hydrogen) atoms. The monoisotopic (exact) mass is 520 g/mol. The molecule has 2 aromatic carbocycles. The number of benzene rings is 2. The lowest BCUT2D eigenvalue weighted by Crippen LogP contribution is -2.55. The van der Waals surface area contributed by atoms with E-state index in [0.29, 0.717) is 39.1 Å². The van der Waals surface area contributed by atoms with E-state index in [1.807, 2.05) is 68.4 Å². The molecule has 4 rings (SSSR count). The molecule has 1 saturated heterocycles. The molecular weight excluding hydrogens is 480 g/mol. The number of fused-ring (bicyclic) bond motifs is 3. The molecule has 0 spiro atoms. The Kier molecular flexibility index (Phi) is 9.76. The third-order valence-corrected chi connectivity index (χ3v) is 7.62. The number of nitrogens with zero attached hydrogens (tertiary/aromatic N) is 1. The number of aryl methyl sites for hydroxylation is 1. The van der Waals surface area contributed by atoms with Crippen molar-refractivity contribution in [2.45, 2.75) is 64.1 Å². The summed E-state index contributed by atoms with van der Waals surface area (Å²) in [6.45, 7) is 5.94. The van der Waals surface area contributed by atoms with Crippen molar-refractivity contribution < 1.29 is 19.1 Å². The minimum atomic E-state index is -0.635. The van der Waals surface area contributed by atoms with E-state index in [2.05, 4.69) is 16.0 Å². The average molecular weight is 521 g/mol. The molecule has 2 aliphatic heterocycles. The number of hydrogen-bond acceptors (Lipinski definition) is 5. The van der Waals surface area contributed by atoms with Gasteiger partial charge in [0.05, 0.1) is 6.04 Å². The largest absolute Gasteiger partial charge is 0.492 e. The first kappa shape index (κ1) is 27.6. The van der Waals surface area contributed by atoms with Crippen LogP contribution in [-0.2, 0) is 27.2 Å². The second-order valence-electron chi connectivity index (χ2n) is 10.3. The van der Waals surface area contributed by atoms with Crippen LogP contribution < -0.4 is 20.7 Å². The summed E-state index contributed by atoms with van der Waals surface area (Å²) in [5.74, 6) is 0.347. The number of para-hydroxylation sites is 1. The third kappa shape index (κ3) is 6.92. The van der Waals surface area contributed by atoms with Gasteiger partial charge in [0.25, 0.3) is 0 Å².